The van der Waals surface area contributed by atoms with Gasteiger partial charge in [0, 0.05) is 0 Å². The van der Waals surface area contributed by atoms with Crippen molar-refractivity contribution < 1.29 is 9.90 Å². The Bertz CT molecular complexity index is 22.8. The molecule has 0 radical (unpaired) electrons. The van der Waals surface area contributed by atoms with Crippen LogP contribution in [0.4, 0.5) is 0 Å². The third kappa shape index (κ3) is 984. The predicted molar refractivity (Wildman–Crippen MR) is 27.1 cm³/mol. The molecule has 0 aromatic carbocycles. The van der Waals surface area contributed by atoms with Gasteiger partial charge in [0.2, 0.25) is 0 Å². The van der Waals surface area contributed by atoms with E-state index in [2.05, 4.69) is 13.2 Å². The van der Waals surface area contributed by atoms with Crippen molar-refractivity contribution in [1.29, 1.82) is 0 Å². The van der Waals surface area contributed by atoms with E-state index in [-0.39, 0.29) is 36.0 Å². The fraction of sp³-hybridized carbons (Fsp3) is 0. The molecule has 0 rings (SSSR count). The number of hydrogen-bond donors (Lipinski definition) is 1. The topological polar surface area (TPSA) is 37.3 Å². The summed E-state index contributed by atoms with van der Waals surface area (Å²) < 4.78 is 0. The quantitative estimate of drug-likeness (QED) is 0.260. The minimum atomic E-state index is -0.250. The van der Waals surface area contributed by atoms with E-state index in [1.165, 1.54) is 0 Å². The van der Waals surface area contributed by atoms with Crippen LogP contribution in [0.5, 0.6) is 0 Å². The van der Waals surface area contributed by atoms with Crippen LogP contribution in [0.3, 0.4) is 0 Å². The van der Waals surface area contributed by atoms with E-state index < -0.39 is 0 Å². The van der Waals surface area contributed by atoms with Crippen LogP contribution < -0.4 is 0 Å². The molecule has 2 nitrogen and oxygen atoms in total. The van der Waals surface area contributed by atoms with Crippen molar-refractivity contribution in [3.05, 3.63) is 13.2 Å². The molecule has 0 saturated heterocycles. The zero-order valence-electron chi connectivity index (χ0n) is 2.85. The van der Waals surface area contributed by atoms with Crippen LogP contribution in [-0.2, 0) is 4.79 Å². The first-order chi connectivity index (χ1) is 2.41. The SMILES string of the molecule is C=C.O=CO.[NaH]. The van der Waals surface area contributed by atoms with Gasteiger partial charge in [-0.3, -0.25) is 4.79 Å². The first-order valence-corrected chi connectivity index (χ1v) is 0.994. The van der Waals surface area contributed by atoms with Gasteiger partial charge < -0.3 is 5.11 Å². The molecule has 0 aliphatic rings. The molecule has 1 N–H and O–H groups in total. The second-order valence-electron chi connectivity index (χ2n) is 0.105. The average molecular weight is 98.1 g/mol. The summed E-state index contributed by atoms with van der Waals surface area (Å²) >= 11 is 0. The minimum absolute atomic E-state index is 0. The van der Waals surface area contributed by atoms with Crippen molar-refractivity contribution in [3.8, 4) is 0 Å². The Hall–Kier alpha value is 0.210. The van der Waals surface area contributed by atoms with E-state index in [4.69, 9.17) is 9.90 Å². The van der Waals surface area contributed by atoms with Gasteiger partial charge in [-0.2, -0.15) is 0 Å². The van der Waals surface area contributed by atoms with Gasteiger partial charge in [-0.1, -0.05) is 0 Å². The van der Waals surface area contributed by atoms with Crippen LogP contribution in [0.1, 0.15) is 0 Å². The van der Waals surface area contributed by atoms with Crippen molar-refractivity contribution in [2.75, 3.05) is 0 Å². The van der Waals surface area contributed by atoms with Crippen LogP contribution in [0.25, 0.3) is 0 Å². The Kier molecular flexibility index (Phi) is 172. The summed E-state index contributed by atoms with van der Waals surface area (Å²) in [5.74, 6) is 0. The Morgan fingerprint density at radius 3 is 1.50 bits per heavy atom. The normalized spacial score (nSPS) is 2.67. The number of hydrogen-bond acceptors (Lipinski definition) is 1. The average Bonchev–Trinajstić information content (AvgIpc) is 1.46. The summed E-state index contributed by atoms with van der Waals surface area (Å²) in [6.07, 6.45) is 0. The maximum absolute atomic E-state index is 8.36. The second kappa shape index (κ2) is 63.1. The zero-order chi connectivity index (χ0) is 4.71. The fourth-order valence-corrected chi connectivity index (χ4v) is 0. The van der Waals surface area contributed by atoms with Crippen molar-refractivity contribution in [3.63, 3.8) is 0 Å². The van der Waals surface area contributed by atoms with Gasteiger partial charge in [-0.25, -0.2) is 0 Å². The van der Waals surface area contributed by atoms with E-state index in [0.29, 0.717) is 0 Å². The summed E-state index contributed by atoms with van der Waals surface area (Å²) in [6.45, 7) is 5.75. The van der Waals surface area contributed by atoms with Crippen molar-refractivity contribution in [2.24, 2.45) is 0 Å². The van der Waals surface area contributed by atoms with E-state index in [0.717, 1.165) is 0 Å². The summed E-state index contributed by atoms with van der Waals surface area (Å²) in [4.78, 5) is 8.36. The van der Waals surface area contributed by atoms with Gasteiger partial charge in [-0.05, 0) is 0 Å². The number of carboxylic acid groups (broad SMARTS) is 1. The summed E-state index contributed by atoms with van der Waals surface area (Å²) in [7, 11) is 0. The summed E-state index contributed by atoms with van der Waals surface area (Å²) in [5.41, 5.74) is 0. The second-order valence-corrected chi connectivity index (χ2v) is 0.105. The standard InChI is InChI=1S/C2H4.CH2O2.Na.H/c1-2;2-1-3;;/h1-2H2;1H,(H,2,3);;. The third-order valence-corrected chi connectivity index (χ3v) is 0. The van der Waals surface area contributed by atoms with Crippen LogP contribution in [-0.4, -0.2) is 41.1 Å². The van der Waals surface area contributed by atoms with Crippen LogP contribution in [0.2, 0.25) is 0 Å². The van der Waals surface area contributed by atoms with Gasteiger partial charge in [-0.15, -0.1) is 13.2 Å². The monoisotopic (exact) mass is 98.0 g/mol. The summed E-state index contributed by atoms with van der Waals surface area (Å²) in [6, 6.07) is 0. The molecule has 0 aromatic heterocycles. The molecule has 0 aromatic rings. The molecule has 0 saturated carbocycles. The molecule has 0 unspecified atom stereocenters. The molecule has 0 atom stereocenters. The van der Waals surface area contributed by atoms with Crippen LogP contribution >= 0.6 is 0 Å². The molecule has 6 heavy (non-hydrogen) atoms. The van der Waals surface area contributed by atoms with Gasteiger partial charge in [0.05, 0.1) is 0 Å². The number of rotatable bonds is 0. The van der Waals surface area contributed by atoms with Crippen LogP contribution in [0.15, 0.2) is 13.2 Å². The molecule has 0 bridgehead atoms. The van der Waals surface area contributed by atoms with Gasteiger partial charge in [0.15, 0.2) is 0 Å². The first kappa shape index (κ1) is 16.4. The van der Waals surface area contributed by atoms with E-state index >= 15 is 0 Å². The molecule has 0 fully saturated rings. The molecule has 0 aliphatic heterocycles. The summed E-state index contributed by atoms with van der Waals surface area (Å²) in [5, 5.41) is 6.89. The Morgan fingerprint density at radius 2 is 1.50 bits per heavy atom. The van der Waals surface area contributed by atoms with Crippen molar-refractivity contribution in [1.82, 2.24) is 0 Å². The predicted octanol–water partition coefficient (Wildman–Crippen LogP) is -0.146. The zero-order valence-corrected chi connectivity index (χ0v) is 2.85. The Balaban J connectivity index is -0.0000000275. The first-order valence-electron chi connectivity index (χ1n) is 0.994. The molecule has 32 valence electrons. The van der Waals surface area contributed by atoms with Crippen molar-refractivity contribution >= 4 is 36.0 Å². The van der Waals surface area contributed by atoms with Crippen molar-refractivity contribution in [2.45, 2.75) is 0 Å². The molecule has 0 amide bonds. The van der Waals surface area contributed by atoms with Gasteiger partial charge >= 0.3 is 29.6 Å². The molecule has 0 spiro atoms. The molecule has 3 heteroatoms. The third-order valence-electron chi connectivity index (χ3n) is 0. The fourth-order valence-electron chi connectivity index (χ4n) is 0. The maximum atomic E-state index is 8.36. The molecular weight excluding hydrogens is 91.0 g/mol. The van der Waals surface area contributed by atoms with E-state index in [1.54, 1.807) is 0 Å². The molecule has 0 aliphatic carbocycles. The molecule has 0 heterocycles. The number of carbonyl (C=O) groups is 1. The molecular formula is C3H7NaO2. The van der Waals surface area contributed by atoms with E-state index in [9.17, 15) is 0 Å². The van der Waals surface area contributed by atoms with E-state index in [1.807, 2.05) is 0 Å². The van der Waals surface area contributed by atoms with Crippen LogP contribution in [0, 0.1) is 0 Å². The van der Waals surface area contributed by atoms with Gasteiger partial charge in [0.1, 0.15) is 0 Å². The van der Waals surface area contributed by atoms with Gasteiger partial charge in [0.25, 0.3) is 6.47 Å². The Labute approximate surface area is 59.2 Å². The Morgan fingerprint density at radius 1 is 1.50 bits per heavy atom.